The van der Waals surface area contributed by atoms with Gasteiger partial charge in [-0.05, 0) is 31.8 Å². The lowest BCUT2D eigenvalue weighted by Crippen LogP contribution is -2.39. The fraction of sp³-hybridized carbons (Fsp3) is 0.680. The molecular weight excluding hydrogens is 480 g/mol. The maximum atomic E-state index is 13.0. The Hall–Kier alpha value is -2.23. The normalized spacial score (nSPS) is 28.0. The minimum Gasteiger partial charge on any atom is -0.469 e. The first-order valence-electron chi connectivity index (χ1n) is 11.9. The van der Waals surface area contributed by atoms with Gasteiger partial charge >= 0.3 is 17.9 Å². The number of Topliss-reactive ketones (excluding diaryl/α,β-unsaturated/α-hetero) is 1. The molecule has 0 radical (unpaired) electrons. The molecule has 1 heterocycles. The summed E-state index contributed by atoms with van der Waals surface area (Å²) in [5.41, 5.74) is -1.79. The van der Waals surface area contributed by atoms with Crippen molar-refractivity contribution in [3.8, 4) is 0 Å². The summed E-state index contributed by atoms with van der Waals surface area (Å²) in [6.45, 7) is 4.48. The first kappa shape index (κ1) is 29.0. The van der Waals surface area contributed by atoms with E-state index in [1.807, 2.05) is 6.08 Å². The number of methoxy groups -OCH3 is 1. The molecule has 196 valence electrons. The van der Waals surface area contributed by atoms with Crippen LogP contribution in [0.25, 0.3) is 0 Å². The van der Waals surface area contributed by atoms with Crippen molar-refractivity contribution in [3.63, 3.8) is 0 Å². The Morgan fingerprint density at radius 3 is 2.43 bits per heavy atom. The van der Waals surface area contributed by atoms with Crippen LogP contribution in [0.1, 0.15) is 72.1 Å². The van der Waals surface area contributed by atoms with Crippen LogP contribution < -0.4 is 0 Å². The van der Waals surface area contributed by atoms with Crippen molar-refractivity contribution in [1.82, 2.24) is 0 Å². The van der Waals surface area contributed by atoms with Crippen LogP contribution in [-0.2, 0) is 38.1 Å². The second-order valence-corrected chi connectivity index (χ2v) is 9.40. The van der Waals surface area contributed by atoms with Crippen LogP contribution in [0.15, 0.2) is 23.8 Å². The number of fused-ring (bicyclic) bond motifs is 1. The molecule has 1 aliphatic carbocycles. The van der Waals surface area contributed by atoms with E-state index >= 15 is 0 Å². The van der Waals surface area contributed by atoms with Crippen LogP contribution in [0.5, 0.6) is 0 Å². The third-order valence-corrected chi connectivity index (χ3v) is 6.47. The molecular formula is C25H35ClO9. The molecule has 1 N–H and O–H groups in total. The van der Waals surface area contributed by atoms with E-state index in [4.69, 9.17) is 25.8 Å². The fourth-order valence-corrected chi connectivity index (χ4v) is 4.56. The number of halogens is 1. The number of rotatable bonds is 14. The molecule has 1 aliphatic heterocycles. The molecule has 2 fully saturated rings. The monoisotopic (exact) mass is 514 g/mol. The lowest BCUT2D eigenvalue weighted by Gasteiger charge is -2.28. The van der Waals surface area contributed by atoms with Gasteiger partial charge in [0.05, 0.1) is 7.11 Å². The minimum absolute atomic E-state index is 0.0571. The summed E-state index contributed by atoms with van der Waals surface area (Å²) < 4.78 is 20.7. The number of aliphatic hydroxyl groups is 1. The van der Waals surface area contributed by atoms with E-state index in [0.717, 1.165) is 25.7 Å². The van der Waals surface area contributed by atoms with Crippen molar-refractivity contribution in [2.75, 3.05) is 7.11 Å². The Kier molecular flexibility index (Phi) is 10.5. The molecule has 2 unspecified atom stereocenters. The quantitative estimate of drug-likeness (QED) is 0.0705. The molecule has 0 aromatic heterocycles. The van der Waals surface area contributed by atoms with Gasteiger partial charge in [0.15, 0.2) is 6.10 Å². The van der Waals surface area contributed by atoms with E-state index in [1.165, 1.54) is 27.0 Å². The van der Waals surface area contributed by atoms with Crippen molar-refractivity contribution in [2.24, 2.45) is 0 Å². The molecule has 0 spiro atoms. The summed E-state index contributed by atoms with van der Waals surface area (Å²) in [6.07, 6.45) is 6.44. The third-order valence-electron chi connectivity index (χ3n) is 6.01. The van der Waals surface area contributed by atoms with Crippen molar-refractivity contribution >= 4 is 35.3 Å². The molecule has 1 saturated carbocycles. The first-order valence-corrected chi connectivity index (χ1v) is 12.3. The zero-order valence-electron chi connectivity index (χ0n) is 20.7. The standard InChI is InChI=1S/C25H35ClO9/c1-5-6-7-8-9-10-14-24(31)18(22(30)25(26)23(24)35-25)15-20(34-17(3)28)19(33-16(2)27)12-11-13-21(29)32-4/h9-10,15,19-20,23,31H,5-8,11-14H2,1-4H3/b10-9-,18-15-/t19-,20-,23?,24-,25?/m0/s1. The van der Waals surface area contributed by atoms with E-state index in [1.54, 1.807) is 6.08 Å². The van der Waals surface area contributed by atoms with Crippen LogP contribution in [-0.4, -0.2) is 64.9 Å². The average Bonchev–Trinajstić information content (AvgIpc) is 3.47. The Balaban J connectivity index is 2.32. The van der Waals surface area contributed by atoms with Crippen molar-refractivity contribution in [3.05, 3.63) is 23.8 Å². The lowest BCUT2D eigenvalue weighted by molar-refractivity contribution is -0.162. The highest BCUT2D eigenvalue weighted by molar-refractivity contribution is 6.41. The van der Waals surface area contributed by atoms with E-state index in [9.17, 15) is 24.3 Å². The number of hydrogen-bond acceptors (Lipinski definition) is 9. The SMILES string of the molecule is CCCCC/C=C\C[C@]1(O)/C(=C\[C@H](OC(C)=O)[C@H](CCCC(=O)OC)OC(C)=O)C(=O)C2(Cl)OC21. The number of esters is 3. The largest absolute Gasteiger partial charge is 0.469 e. The maximum Gasteiger partial charge on any atom is 0.305 e. The number of carbonyl (C=O) groups is 4. The second-order valence-electron chi connectivity index (χ2n) is 8.84. The number of unbranched alkanes of at least 4 members (excludes halogenated alkanes) is 3. The molecule has 0 aromatic carbocycles. The molecule has 10 heteroatoms. The van der Waals surface area contributed by atoms with Gasteiger partial charge in [-0.2, -0.15) is 0 Å². The van der Waals surface area contributed by atoms with Crippen LogP contribution in [0, 0.1) is 0 Å². The number of allylic oxidation sites excluding steroid dienone is 1. The summed E-state index contributed by atoms with van der Waals surface area (Å²) >= 11 is 6.30. The molecule has 35 heavy (non-hydrogen) atoms. The predicted molar refractivity (Wildman–Crippen MR) is 126 cm³/mol. The molecule has 9 nitrogen and oxygen atoms in total. The van der Waals surface area contributed by atoms with Gasteiger partial charge in [-0.1, -0.05) is 43.5 Å². The van der Waals surface area contributed by atoms with Crippen molar-refractivity contribution in [2.45, 2.75) is 101 Å². The number of carbonyl (C=O) groups excluding carboxylic acids is 4. The highest BCUT2D eigenvalue weighted by Crippen LogP contribution is 2.59. The summed E-state index contributed by atoms with van der Waals surface area (Å²) in [5.74, 6) is -2.38. The van der Waals surface area contributed by atoms with Gasteiger partial charge in [-0.15, -0.1) is 0 Å². The average molecular weight is 515 g/mol. The summed E-state index contributed by atoms with van der Waals surface area (Å²) in [7, 11) is 1.26. The highest BCUT2D eigenvalue weighted by atomic mass is 35.5. The molecule has 2 aliphatic rings. The lowest BCUT2D eigenvalue weighted by atomic mass is 9.89. The molecule has 1 saturated heterocycles. The molecule has 2 rings (SSSR count). The topological polar surface area (TPSA) is 129 Å². The smallest absolute Gasteiger partial charge is 0.305 e. The maximum absolute atomic E-state index is 13.0. The van der Waals surface area contributed by atoms with Crippen LogP contribution in [0.2, 0.25) is 0 Å². The first-order chi connectivity index (χ1) is 16.5. The Morgan fingerprint density at radius 2 is 1.83 bits per heavy atom. The van der Waals surface area contributed by atoms with Gasteiger partial charge in [0.2, 0.25) is 10.8 Å². The van der Waals surface area contributed by atoms with Gasteiger partial charge in [0, 0.05) is 32.3 Å². The zero-order valence-corrected chi connectivity index (χ0v) is 21.5. The predicted octanol–water partition coefficient (Wildman–Crippen LogP) is 3.29. The molecule has 5 atom stereocenters. The van der Waals surface area contributed by atoms with Gasteiger partial charge < -0.3 is 24.1 Å². The van der Waals surface area contributed by atoms with E-state index in [2.05, 4.69) is 11.7 Å². The van der Waals surface area contributed by atoms with Crippen LogP contribution in [0.4, 0.5) is 0 Å². The van der Waals surface area contributed by atoms with Crippen molar-refractivity contribution < 1.29 is 43.2 Å². The summed E-state index contributed by atoms with van der Waals surface area (Å²) in [5, 5.41) is 9.80. The number of ketones is 1. The third kappa shape index (κ3) is 7.38. The molecule has 0 amide bonds. The van der Waals surface area contributed by atoms with E-state index in [0.29, 0.717) is 0 Å². The van der Waals surface area contributed by atoms with Gasteiger partial charge in [0.25, 0.3) is 0 Å². The Labute approximate surface area is 210 Å². The Morgan fingerprint density at radius 1 is 1.14 bits per heavy atom. The molecule has 0 bridgehead atoms. The fourth-order valence-electron chi connectivity index (χ4n) is 4.19. The number of epoxide rings is 1. The van der Waals surface area contributed by atoms with Gasteiger partial charge in [-0.25, -0.2) is 0 Å². The zero-order chi connectivity index (χ0) is 26.2. The summed E-state index contributed by atoms with van der Waals surface area (Å²) in [6, 6.07) is 0. The number of alkyl halides is 1. The van der Waals surface area contributed by atoms with Gasteiger partial charge in [-0.3, -0.25) is 19.2 Å². The van der Waals surface area contributed by atoms with E-state index in [-0.39, 0.29) is 31.3 Å². The van der Waals surface area contributed by atoms with E-state index < -0.39 is 52.7 Å². The van der Waals surface area contributed by atoms with Crippen molar-refractivity contribution in [1.29, 1.82) is 0 Å². The van der Waals surface area contributed by atoms with Crippen LogP contribution >= 0.6 is 11.6 Å². The van der Waals surface area contributed by atoms with Gasteiger partial charge in [0.1, 0.15) is 17.8 Å². The number of ether oxygens (including phenoxy) is 4. The van der Waals surface area contributed by atoms with Crippen LogP contribution in [0.3, 0.4) is 0 Å². The minimum atomic E-state index is -1.73. The highest BCUT2D eigenvalue weighted by Gasteiger charge is 2.78. The summed E-state index contributed by atoms with van der Waals surface area (Å²) in [4.78, 5) is 48.1. The Bertz CT molecular complexity index is 867. The number of hydrogen-bond donors (Lipinski definition) is 1. The molecule has 0 aromatic rings. The second kappa shape index (κ2) is 12.6.